The summed E-state index contributed by atoms with van der Waals surface area (Å²) in [6.45, 7) is 2.09. The summed E-state index contributed by atoms with van der Waals surface area (Å²) in [7, 11) is 0. The lowest BCUT2D eigenvalue weighted by molar-refractivity contribution is 0.530. The van der Waals surface area contributed by atoms with Gasteiger partial charge in [0.15, 0.2) is 5.65 Å². The fraction of sp³-hybridized carbons (Fsp3) is 0.214. The third-order valence-electron chi connectivity index (χ3n) is 3.06. The van der Waals surface area contributed by atoms with Gasteiger partial charge in [-0.1, -0.05) is 0 Å². The lowest BCUT2D eigenvalue weighted by atomic mass is 10.3. The molecule has 104 valence electrons. The van der Waals surface area contributed by atoms with Gasteiger partial charge in [-0.25, -0.2) is 4.98 Å². The fourth-order valence-corrected chi connectivity index (χ4v) is 4.17. The predicted octanol–water partition coefficient (Wildman–Crippen LogP) is 5.19. The summed E-state index contributed by atoms with van der Waals surface area (Å²) in [5, 5.41) is 0. The highest BCUT2D eigenvalue weighted by molar-refractivity contribution is 9.11. The molecule has 0 spiro atoms. The molecule has 20 heavy (non-hydrogen) atoms. The number of hydrogen-bond acceptors (Lipinski definition) is 3. The maximum atomic E-state index is 5.34. The standard InChI is InChI=1S/C14H12Br2N2OS/c1-9-12(15)5-13(16)14-17-6-10(18(9)14)7-20-8-11-3-2-4-19-11/h2-6H,7-8H2,1H3. The second kappa shape index (κ2) is 5.95. The Morgan fingerprint density at radius 3 is 2.90 bits per heavy atom. The number of pyridine rings is 1. The second-order valence-corrected chi connectivity index (χ2v) is 7.10. The van der Waals surface area contributed by atoms with Crippen LogP contribution in [0.1, 0.15) is 17.1 Å². The Labute approximate surface area is 138 Å². The minimum Gasteiger partial charge on any atom is -0.468 e. The van der Waals surface area contributed by atoms with E-state index in [9.17, 15) is 0 Å². The first-order chi connectivity index (χ1) is 9.66. The van der Waals surface area contributed by atoms with Gasteiger partial charge in [0.2, 0.25) is 0 Å². The molecule has 0 aliphatic heterocycles. The Balaban J connectivity index is 1.85. The minimum absolute atomic E-state index is 0.869. The molecule has 0 saturated heterocycles. The number of halogens is 2. The molecule has 0 radical (unpaired) electrons. The molecule has 0 N–H and O–H groups in total. The first-order valence-electron chi connectivity index (χ1n) is 6.08. The highest BCUT2D eigenvalue weighted by atomic mass is 79.9. The summed E-state index contributed by atoms with van der Waals surface area (Å²) in [5.74, 6) is 2.77. The smallest absolute Gasteiger partial charge is 0.151 e. The van der Waals surface area contributed by atoms with Gasteiger partial charge in [0.05, 0.1) is 28.4 Å². The predicted molar refractivity (Wildman–Crippen MR) is 89.0 cm³/mol. The minimum atomic E-state index is 0.869. The zero-order valence-corrected chi connectivity index (χ0v) is 14.8. The molecule has 3 aromatic rings. The van der Waals surface area contributed by atoms with Crippen molar-refractivity contribution in [2.45, 2.75) is 18.4 Å². The number of fused-ring (bicyclic) bond motifs is 1. The first kappa shape index (κ1) is 14.2. The van der Waals surface area contributed by atoms with Gasteiger partial charge in [-0.15, -0.1) is 11.8 Å². The van der Waals surface area contributed by atoms with Crippen molar-refractivity contribution in [3.05, 3.63) is 56.8 Å². The molecule has 0 fully saturated rings. The molecule has 0 aliphatic carbocycles. The SMILES string of the molecule is Cc1c(Br)cc(Br)c2ncc(CSCc3ccco3)n12. The van der Waals surface area contributed by atoms with Crippen molar-refractivity contribution in [2.75, 3.05) is 0 Å². The number of furan rings is 1. The van der Waals surface area contributed by atoms with E-state index in [4.69, 9.17) is 4.42 Å². The molecular formula is C14H12Br2N2OS. The topological polar surface area (TPSA) is 30.4 Å². The quantitative estimate of drug-likeness (QED) is 0.587. The van der Waals surface area contributed by atoms with Crippen LogP contribution in [0.3, 0.4) is 0 Å². The van der Waals surface area contributed by atoms with E-state index < -0.39 is 0 Å². The number of aryl methyl sites for hydroxylation is 1. The fourth-order valence-electron chi connectivity index (χ4n) is 2.07. The van der Waals surface area contributed by atoms with E-state index >= 15 is 0 Å². The monoisotopic (exact) mass is 414 g/mol. The zero-order chi connectivity index (χ0) is 14.1. The van der Waals surface area contributed by atoms with E-state index in [2.05, 4.69) is 48.2 Å². The molecule has 0 aromatic carbocycles. The van der Waals surface area contributed by atoms with Crippen molar-refractivity contribution in [2.24, 2.45) is 0 Å². The van der Waals surface area contributed by atoms with Crippen LogP contribution in [-0.2, 0) is 11.5 Å². The summed E-state index contributed by atoms with van der Waals surface area (Å²) in [6, 6.07) is 5.96. The van der Waals surface area contributed by atoms with Crippen molar-refractivity contribution < 1.29 is 4.42 Å². The second-order valence-electron chi connectivity index (χ2n) is 4.41. The van der Waals surface area contributed by atoms with Gasteiger partial charge < -0.3 is 4.42 Å². The summed E-state index contributed by atoms with van der Waals surface area (Å²) in [6.07, 6.45) is 3.65. The van der Waals surface area contributed by atoms with Gasteiger partial charge in [0.25, 0.3) is 0 Å². The van der Waals surface area contributed by atoms with E-state index in [1.165, 1.54) is 5.69 Å². The summed E-state index contributed by atoms with van der Waals surface area (Å²) < 4.78 is 9.60. The average molecular weight is 416 g/mol. The maximum absolute atomic E-state index is 5.34. The van der Waals surface area contributed by atoms with E-state index in [1.54, 1.807) is 6.26 Å². The molecule has 3 rings (SSSR count). The number of hydrogen-bond donors (Lipinski definition) is 0. The van der Waals surface area contributed by atoms with Crippen LogP contribution in [-0.4, -0.2) is 9.38 Å². The van der Waals surface area contributed by atoms with E-state index in [0.717, 1.165) is 37.6 Å². The average Bonchev–Trinajstić information content (AvgIpc) is 3.06. The van der Waals surface area contributed by atoms with Crippen LogP contribution >= 0.6 is 43.6 Å². The Morgan fingerprint density at radius 1 is 1.30 bits per heavy atom. The molecule has 3 heterocycles. The van der Waals surface area contributed by atoms with Crippen LogP contribution in [0.15, 0.2) is 44.0 Å². The number of nitrogens with zero attached hydrogens (tertiary/aromatic N) is 2. The van der Waals surface area contributed by atoms with Gasteiger partial charge >= 0.3 is 0 Å². The molecule has 0 atom stereocenters. The number of imidazole rings is 1. The Hall–Kier alpha value is -0.720. The lowest BCUT2D eigenvalue weighted by Crippen LogP contribution is -1.98. The van der Waals surface area contributed by atoms with Crippen molar-refractivity contribution in [3.8, 4) is 0 Å². The van der Waals surface area contributed by atoms with Crippen LogP contribution in [0.2, 0.25) is 0 Å². The number of thioether (sulfide) groups is 1. The molecule has 0 unspecified atom stereocenters. The normalized spacial score (nSPS) is 11.3. The van der Waals surface area contributed by atoms with E-state index in [1.807, 2.05) is 36.2 Å². The zero-order valence-electron chi connectivity index (χ0n) is 10.8. The summed E-state index contributed by atoms with van der Waals surface area (Å²) in [4.78, 5) is 4.49. The van der Waals surface area contributed by atoms with Crippen molar-refractivity contribution in [3.63, 3.8) is 0 Å². The third-order valence-corrected chi connectivity index (χ3v) is 5.43. The summed E-state index contributed by atoms with van der Waals surface area (Å²) >= 11 is 8.96. The van der Waals surface area contributed by atoms with Crippen LogP contribution in [0.5, 0.6) is 0 Å². The molecule has 6 heteroatoms. The van der Waals surface area contributed by atoms with Gasteiger partial charge in [-0.2, -0.15) is 0 Å². The molecular weight excluding hydrogens is 404 g/mol. The van der Waals surface area contributed by atoms with Crippen molar-refractivity contribution >= 4 is 49.3 Å². The van der Waals surface area contributed by atoms with Gasteiger partial charge in [-0.3, -0.25) is 4.40 Å². The summed E-state index contributed by atoms with van der Waals surface area (Å²) in [5.41, 5.74) is 3.31. The van der Waals surface area contributed by atoms with E-state index in [0.29, 0.717) is 0 Å². The lowest BCUT2D eigenvalue weighted by Gasteiger charge is -2.08. The van der Waals surface area contributed by atoms with E-state index in [-0.39, 0.29) is 0 Å². The van der Waals surface area contributed by atoms with Crippen LogP contribution < -0.4 is 0 Å². The van der Waals surface area contributed by atoms with Gasteiger partial charge in [0.1, 0.15) is 5.76 Å². The Morgan fingerprint density at radius 2 is 2.15 bits per heavy atom. The molecule has 3 aromatic heterocycles. The number of rotatable bonds is 4. The Bertz CT molecular complexity index is 737. The molecule has 0 amide bonds. The molecule has 0 saturated carbocycles. The van der Waals surface area contributed by atoms with Crippen molar-refractivity contribution in [1.82, 2.24) is 9.38 Å². The molecule has 0 aliphatic rings. The third kappa shape index (κ3) is 2.69. The largest absolute Gasteiger partial charge is 0.468 e. The van der Waals surface area contributed by atoms with Crippen LogP contribution in [0.4, 0.5) is 0 Å². The van der Waals surface area contributed by atoms with Gasteiger partial charge in [0, 0.05) is 15.9 Å². The Kier molecular flexibility index (Phi) is 4.23. The first-order valence-corrected chi connectivity index (χ1v) is 8.82. The van der Waals surface area contributed by atoms with Crippen LogP contribution in [0, 0.1) is 6.92 Å². The molecule has 0 bridgehead atoms. The highest BCUT2D eigenvalue weighted by Gasteiger charge is 2.11. The van der Waals surface area contributed by atoms with Gasteiger partial charge in [-0.05, 0) is 57.0 Å². The highest BCUT2D eigenvalue weighted by Crippen LogP contribution is 2.28. The van der Waals surface area contributed by atoms with Crippen molar-refractivity contribution in [1.29, 1.82) is 0 Å². The van der Waals surface area contributed by atoms with Crippen LogP contribution in [0.25, 0.3) is 5.65 Å². The maximum Gasteiger partial charge on any atom is 0.151 e. The molecule has 3 nitrogen and oxygen atoms in total. The number of aromatic nitrogens is 2.